The van der Waals surface area contributed by atoms with Crippen LogP contribution in [0.15, 0.2) is 54.9 Å². The van der Waals surface area contributed by atoms with Crippen LogP contribution < -0.4 is 15.0 Å². The van der Waals surface area contributed by atoms with Crippen LogP contribution in [0.2, 0.25) is 0 Å². The second kappa shape index (κ2) is 12.1. The molecule has 2 bridgehead atoms. The van der Waals surface area contributed by atoms with E-state index in [9.17, 15) is 23.2 Å². The summed E-state index contributed by atoms with van der Waals surface area (Å²) in [5.74, 6) is 0.896. The molecule has 1 aromatic carbocycles. The number of hydrogen-bond donors (Lipinski definition) is 1. The molecule has 8 nitrogen and oxygen atoms in total. The fourth-order valence-electron chi connectivity index (χ4n) is 6.96. The Labute approximate surface area is 254 Å². The van der Waals surface area contributed by atoms with E-state index in [4.69, 9.17) is 9.72 Å². The molecule has 4 aliphatic rings. The van der Waals surface area contributed by atoms with Crippen molar-refractivity contribution in [3.63, 3.8) is 0 Å². The summed E-state index contributed by atoms with van der Waals surface area (Å²) < 4.78 is 45.6. The average Bonchev–Trinajstić information content (AvgIpc) is 3.05. The molecule has 4 fully saturated rings. The van der Waals surface area contributed by atoms with Gasteiger partial charge in [0.2, 0.25) is 11.8 Å². The first-order valence-corrected chi connectivity index (χ1v) is 15.2. The third-order valence-corrected chi connectivity index (χ3v) is 9.45. The number of carbonyl (C=O) groups is 1. The third kappa shape index (κ3) is 5.71. The smallest absolute Gasteiger partial charge is 0.416 e. The molecule has 2 aromatic heterocycles. The number of alkyl halides is 3. The Morgan fingerprint density at radius 2 is 1.89 bits per heavy atom. The van der Waals surface area contributed by atoms with Crippen LogP contribution in [-0.2, 0) is 16.4 Å². The lowest BCUT2D eigenvalue weighted by atomic mass is 9.71. The highest BCUT2D eigenvalue weighted by atomic mass is 19.4. The number of fused-ring (bicyclic) bond motifs is 3. The number of hydrogen-bond acceptors (Lipinski definition) is 7. The maximum atomic E-state index is 14.3. The van der Waals surface area contributed by atoms with Gasteiger partial charge in [0, 0.05) is 38.1 Å². The Balaban J connectivity index is 1.29. The van der Waals surface area contributed by atoms with Gasteiger partial charge >= 0.3 is 6.18 Å². The molecule has 0 spiro atoms. The number of benzene rings is 1. The number of nitrogens with one attached hydrogen (secondary N) is 1. The van der Waals surface area contributed by atoms with Gasteiger partial charge in [-0.25, -0.2) is 4.98 Å². The van der Waals surface area contributed by atoms with Crippen LogP contribution in [0.4, 0.5) is 18.9 Å². The van der Waals surface area contributed by atoms with E-state index in [1.165, 1.54) is 6.07 Å². The SMILES string of the molecule is CCOc1ncccc1-c1ccc(C2(C(=O)N[C@@H]3CN4CCC3CC4)CCN(c3ccc(C(F)(F)F)cc3C#N)CC2)cn1. The van der Waals surface area contributed by atoms with E-state index in [1.54, 1.807) is 12.4 Å². The fourth-order valence-corrected chi connectivity index (χ4v) is 6.96. The van der Waals surface area contributed by atoms with E-state index in [1.807, 2.05) is 42.2 Å². The zero-order valence-corrected chi connectivity index (χ0v) is 24.6. The Morgan fingerprint density at radius 3 is 2.50 bits per heavy atom. The molecular weight excluding hydrogens is 569 g/mol. The number of nitrogens with zero attached hydrogens (tertiary/aromatic N) is 5. The molecule has 3 aromatic rings. The molecule has 1 N–H and O–H groups in total. The molecule has 44 heavy (non-hydrogen) atoms. The minimum atomic E-state index is -4.53. The van der Waals surface area contributed by atoms with Crippen LogP contribution in [0.5, 0.6) is 5.88 Å². The van der Waals surface area contributed by atoms with E-state index in [2.05, 4.69) is 15.2 Å². The molecule has 1 amide bonds. The quantitative estimate of drug-likeness (QED) is 0.397. The first-order chi connectivity index (χ1) is 21.2. The minimum absolute atomic E-state index is 0.0309. The van der Waals surface area contributed by atoms with Gasteiger partial charge in [0.05, 0.1) is 40.1 Å². The first-order valence-electron chi connectivity index (χ1n) is 15.2. The molecule has 7 rings (SSSR count). The topological polar surface area (TPSA) is 94.4 Å². The Bertz CT molecular complexity index is 1540. The second-order valence-electron chi connectivity index (χ2n) is 11.8. The maximum absolute atomic E-state index is 14.3. The van der Waals surface area contributed by atoms with Crippen molar-refractivity contribution in [2.75, 3.05) is 44.2 Å². The lowest BCUT2D eigenvalue weighted by molar-refractivity contribution is -0.137. The van der Waals surface area contributed by atoms with Crippen molar-refractivity contribution in [1.29, 1.82) is 5.26 Å². The summed E-state index contributed by atoms with van der Waals surface area (Å²) in [6.45, 7) is 6.12. The molecule has 0 radical (unpaired) electrons. The van der Waals surface area contributed by atoms with E-state index in [0.717, 1.165) is 55.7 Å². The van der Waals surface area contributed by atoms with Gasteiger partial charge in [-0.2, -0.15) is 18.4 Å². The van der Waals surface area contributed by atoms with Crippen LogP contribution in [0.3, 0.4) is 0 Å². The Hall–Kier alpha value is -4.17. The number of amides is 1. The summed E-state index contributed by atoms with van der Waals surface area (Å²) in [5, 5.41) is 13.1. The number of ether oxygens (including phenoxy) is 1. The predicted octanol–water partition coefficient (Wildman–Crippen LogP) is 5.18. The predicted molar refractivity (Wildman–Crippen MR) is 159 cm³/mol. The normalized spacial score (nSPS) is 22.7. The van der Waals surface area contributed by atoms with Gasteiger partial charge in [0.1, 0.15) is 6.07 Å². The van der Waals surface area contributed by atoms with Crippen LogP contribution >= 0.6 is 0 Å². The van der Waals surface area contributed by atoms with Crippen LogP contribution in [0.25, 0.3) is 11.3 Å². The van der Waals surface area contributed by atoms with E-state index in [-0.39, 0.29) is 17.5 Å². The number of aromatic nitrogens is 2. The number of piperidine rings is 4. The van der Waals surface area contributed by atoms with E-state index < -0.39 is 17.2 Å². The number of halogens is 3. The van der Waals surface area contributed by atoms with Crippen LogP contribution in [0.1, 0.15) is 49.3 Å². The summed E-state index contributed by atoms with van der Waals surface area (Å²) in [4.78, 5) is 27.7. The number of rotatable bonds is 7. The van der Waals surface area contributed by atoms with Gasteiger partial charge in [-0.05, 0) is 93.6 Å². The molecule has 230 valence electrons. The molecule has 11 heteroatoms. The average molecular weight is 605 g/mol. The molecule has 4 saturated heterocycles. The molecule has 1 atom stereocenters. The number of carbonyl (C=O) groups excluding carboxylic acids is 1. The first kappa shape index (κ1) is 29.9. The van der Waals surface area contributed by atoms with Crippen molar-refractivity contribution in [2.24, 2.45) is 5.92 Å². The monoisotopic (exact) mass is 604 g/mol. The molecule has 6 heterocycles. The summed E-state index contributed by atoms with van der Waals surface area (Å²) in [5.41, 5.74) is 0.900. The van der Waals surface area contributed by atoms with Crippen molar-refractivity contribution < 1.29 is 22.7 Å². The van der Waals surface area contributed by atoms with Gasteiger partial charge in [-0.15, -0.1) is 0 Å². The zero-order chi connectivity index (χ0) is 30.9. The highest BCUT2D eigenvalue weighted by molar-refractivity contribution is 5.89. The standard InChI is InChI=1S/C33H35F3N6O2/c1-2-44-30-26(4-3-13-38-30)27-7-5-25(20-39-27)32(31(43)40-28-21-41-14-9-22(28)10-15-41)11-16-42(17-12-32)29-8-6-24(33(34,35)36)18-23(29)19-37/h3-8,13,18,20,22,28H,2,9-12,14-17,21H2,1H3,(H,40,43)/t28-/m1/s1. The van der Waals surface area contributed by atoms with E-state index in [0.29, 0.717) is 55.7 Å². The van der Waals surface area contributed by atoms with Crippen molar-refractivity contribution in [3.05, 3.63) is 71.5 Å². The number of pyridine rings is 2. The number of nitriles is 1. The van der Waals surface area contributed by atoms with Crippen molar-refractivity contribution in [1.82, 2.24) is 20.2 Å². The van der Waals surface area contributed by atoms with Gasteiger partial charge in [-0.3, -0.25) is 9.78 Å². The minimum Gasteiger partial charge on any atom is -0.477 e. The summed E-state index contributed by atoms with van der Waals surface area (Å²) >= 11 is 0. The maximum Gasteiger partial charge on any atom is 0.416 e. The second-order valence-corrected chi connectivity index (χ2v) is 11.8. The highest BCUT2D eigenvalue weighted by Crippen LogP contribution is 2.41. The van der Waals surface area contributed by atoms with Gasteiger partial charge < -0.3 is 19.9 Å². The summed E-state index contributed by atoms with van der Waals surface area (Å²) in [7, 11) is 0. The summed E-state index contributed by atoms with van der Waals surface area (Å²) in [6.07, 6.45) is 1.86. The van der Waals surface area contributed by atoms with Crippen molar-refractivity contribution in [3.8, 4) is 23.2 Å². The third-order valence-electron chi connectivity index (χ3n) is 9.45. The van der Waals surface area contributed by atoms with E-state index >= 15 is 0 Å². The molecule has 4 aliphatic heterocycles. The summed E-state index contributed by atoms with van der Waals surface area (Å²) in [6, 6.07) is 12.8. The Morgan fingerprint density at radius 1 is 1.11 bits per heavy atom. The van der Waals surface area contributed by atoms with Gasteiger partial charge in [0.15, 0.2) is 0 Å². The van der Waals surface area contributed by atoms with Gasteiger partial charge in [-0.1, -0.05) is 6.07 Å². The zero-order valence-electron chi connectivity index (χ0n) is 24.6. The van der Waals surface area contributed by atoms with Crippen molar-refractivity contribution >= 4 is 11.6 Å². The molecule has 0 aliphatic carbocycles. The largest absolute Gasteiger partial charge is 0.477 e. The number of anilines is 1. The van der Waals surface area contributed by atoms with Gasteiger partial charge in [0.25, 0.3) is 0 Å². The molecule has 0 unspecified atom stereocenters. The van der Waals surface area contributed by atoms with Crippen molar-refractivity contribution in [2.45, 2.75) is 50.2 Å². The van der Waals surface area contributed by atoms with Crippen LogP contribution in [-0.4, -0.2) is 66.1 Å². The molecular formula is C33H35F3N6O2. The highest BCUT2D eigenvalue weighted by Gasteiger charge is 2.46. The molecule has 0 saturated carbocycles. The lowest BCUT2D eigenvalue weighted by Crippen LogP contribution is -2.61. The Kier molecular flexibility index (Phi) is 8.20. The van der Waals surface area contributed by atoms with Crippen LogP contribution in [0, 0.1) is 17.2 Å². The lowest BCUT2D eigenvalue weighted by Gasteiger charge is -2.47. The fraction of sp³-hybridized carbons (Fsp3) is 0.455.